The van der Waals surface area contributed by atoms with Crippen molar-refractivity contribution < 1.29 is 9.66 Å². The van der Waals surface area contributed by atoms with E-state index in [9.17, 15) is 10.1 Å². The number of nitro groups is 1. The van der Waals surface area contributed by atoms with Crippen molar-refractivity contribution in [3.63, 3.8) is 0 Å². The van der Waals surface area contributed by atoms with Gasteiger partial charge in [0, 0.05) is 36.7 Å². The number of nitrogens with one attached hydrogen (secondary N) is 1. The Morgan fingerprint density at radius 1 is 1.48 bits per heavy atom. The summed E-state index contributed by atoms with van der Waals surface area (Å²) in [6.45, 7) is 7.87. The van der Waals surface area contributed by atoms with E-state index in [1.54, 1.807) is 12.1 Å². The largest absolute Gasteiger partial charge is 0.378 e. The minimum absolute atomic E-state index is 0.147. The van der Waals surface area contributed by atoms with Crippen molar-refractivity contribution in [1.82, 2.24) is 5.32 Å². The molecule has 1 aromatic carbocycles. The fourth-order valence-corrected chi connectivity index (χ4v) is 3.09. The summed E-state index contributed by atoms with van der Waals surface area (Å²) >= 11 is 0. The van der Waals surface area contributed by atoms with Gasteiger partial charge < -0.3 is 10.1 Å². The zero-order valence-corrected chi connectivity index (χ0v) is 13.0. The number of non-ortho nitro benzene ring substituents is 1. The van der Waals surface area contributed by atoms with Crippen molar-refractivity contribution in [3.05, 3.63) is 39.9 Å². The molecule has 3 atom stereocenters. The zero-order valence-electron chi connectivity index (χ0n) is 13.0. The number of hydrogen-bond donors (Lipinski definition) is 1. The van der Waals surface area contributed by atoms with E-state index < -0.39 is 0 Å². The smallest absolute Gasteiger partial charge is 0.269 e. The molecule has 1 saturated carbocycles. The Kier molecular flexibility index (Phi) is 4.96. The maximum Gasteiger partial charge on any atom is 0.269 e. The highest BCUT2D eigenvalue weighted by atomic mass is 16.6. The molecule has 1 aliphatic carbocycles. The third-order valence-corrected chi connectivity index (χ3v) is 4.78. The van der Waals surface area contributed by atoms with Crippen LogP contribution in [0.15, 0.2) is 24.3 Å². The normalized spacial score (nSPS) is 28.1. The van der Waals surface area contributed by atoms with Gasteiger partial charge in [0.15, 0.2) is 0 Å². The van der Waals surface area contributed by atoms with Crippen LogP contribution in [0.3, 0.4) is 0 Å². The summed E-state index contributed by atoms with van der Waals surface area (Å²) in [6.07, 6.45) is 2.38. The average molecular weight is 292 g/mol. The molecule has 1 N–H and O–H groups in total. The first kappa shape index (κ1) is 15.9. The standard InChI is InChI=1S/C16H24N2O3/c1-4-16(3)14(10-15(16)21-5-2)17-11-12-7-6-8-13(9-12)18(19)20/h6-9,14-15,17H,4-5,10-11H2,1-3H3. The summed E-state index contributed by atoms with van der Waals surface area (Å²) in [7, 11) is 0. The zero-order chi connectivity index (χ0) is 15.5. The predicted octanol–water partition coefficient (Wildman–Crippen LogP) is 3.28. The molecule has 0 bridgehead atoms. The third kappa shape index (κ3) is 3.24. The van der Waals surface area contributed by atoms with E-state index in [0.29, 0.717) is 18.7 Å². The Hall–Kier alpha value is -1.46. The molecule has 2 rings (SSSR count). The highest BCUT2D eigenvalue weighted by Gasteiger charge is 2.50. The fourth-order valence-electron chi connectivity index (χ4n) is 3.09. The first-order valence-electron chi connectivity index (χ1n) is 7.59. The Balaban J connectivity index is 1.95. The van der Waals surface area contributed by atoms with Crippen LogP contribution in [0.5, 0.6) is 0 Å². The van der Waals surface area contributed by atoms with Crippen LogP contribution in [-0.2, 0) is 11.3 Å². The van der Waals surface area contributed by atoms with Crippen LogP contribution in [0.4, 0.5) is 5.69 Å². The molecule has 1 aromatic rings. The summed E-state index contributed by atoms with van der Waals surface area (Å²) in [5, 5.41) is 14.3. The van der Waals surface area contributed by atoms with Gasteiger partial charge in [-0.25, -0.2) is 0 Å². The van der Waals surface area contributed by atoms with Gasteiger partial charge in [0.2, 0.25) is 0 Å². The van der Waals surface area contributed by atoms with Gasteiger partial charge in [-0.15, -0.1) is 0 Å². The topological polar surface area (TPSA) is 64.4 Å². The average Bonchev–Trinajstić information content (AvgIpc) is 2.49. The van der Waals surface area contributed by atoms with E-state index in [-0.39, 0.29) is 16.0 Å². The number of nitrogens with zero attached hydrogens (tertiary/aromatic N) is 1. The lowest BCUT2D eigenvalue weighted by molar-refractivity contribution is -0.384. The van der Waals surface area contributed by atoms with Crippen molar-refractivity contribution in [2.75, 3.05) is 6.61 Å². The van der Waals surface area contributed by atoms with Crippen LogP contribution in [0.25, 0.3) is 0 Å². The summed E-state index contributed by atoms with van der Waals surface area (Å²) in [6, 6.07) is 7.21. The van der Waals surface area contributed by atoms with Gasteiger partial charge in [-0.1, -0.05) is 26.0 Å². The maximum atomic E-state index is 10.8. The molecule has 0 radical (unpaired) electrons. The van der Waals surface area contributed by atoms with Crippen LogP contribution >= 0.6 is 0 Å². The number of benzene rings is 1. The first-order chi connectivity index (χ1) is 10.0. The molecule has 1 aliphatic rings. The molecule has 0 spiro atoms. The van der Waals surface area contributed by atoms with Crippen molar-refractivity contribution in [1.29, 1.82) is 0 Å². The highest BCUT2D eigenvalue weighted by Crippen LogP contribution is 2.45. The summed E-state index contributed by atoms with van der Waals surface area (Å²) in [5.41, 5.74) is 1.24. The highest BCUT2D eigenvalue weighted by molar-refractivity contribution is 5.34. The molecule has 116 valence electrons. The van der Waals surface area contributed by atoms with Crippen molar-refractivity contribution in [2.45, 2.75) is 52.3 Å². The summed E-state index contributed by atoms with van der Waals surface area (Å²) < 4.78 is 5.79. The molecule has 0 aliphatic heterocycles. The van der Waals surface area contributed by atoms with E-state index in [1.165, 1.54) is 6.07 Å². The lowest BCUT2D eigenvalue weighted by Crippen LogP contribution is -2.61. The molecule has 0 saturated heterocycles. The van der Waals surface area contributed by atoms with E-state index in [4.69, 9.17) is 4.74 Å². The van der Waals surface area contributed by atoms with Gasteiger partial charge in [-0.2, -0.15) is 0 Å². The Labute approximate surface area is 125 Å². The summed E-state index contributed by atoms with van der Waals surface area (Å²) in [4.78, 5) is 10.4. The Morgan fingerprint density at radius 3 is 2.86 bits per heavy atom. The number of rotatable bonds is 7. The minimum Gasteiger partial charge on any atom is -0.378 e. The Bertz CT molecular complexity index is 506. The lowest BCUT2D eigenvalue weighted by Gasteiger charge is -2.53. The van der Waals surface area contributed by atoms with Crippen LogP contribution in [-0.4, -0.2) is 23.7 Å². The molecular formula is C16H24N2O3. The molecule has 0 heterocycles. The van der Waals surface area contributed by atoms with E-state index in [0.717, 1.165) is 25.0 Å². The first-order valence-corrected chi connectivity index (χ1v) is 7.59. The van der Waals surface area contributed by atoms with Gasteiger partial charge in [0.1, 0.15) is 0 Å². The van der Waals surface area contributed by atoms with E-state index in [2.05, 4.69) is 19.2 Å². The van der Waals surface area contributed by atoms with Crippen molar-refractivity contribution in [2.24, 2.45) is 5.41 Å². The predicted molar refractivity (Wildman–Crippen MR) is 82.2 cm³/mol. The van der Waals surface area contributed by atoms with Gasteiger partial charge >= 0.3 is 0 Å². The molecule has 21 heavy (non-hydrogen) atoms. The molecule has 0 amide bonds. The maximum absolute atomic E-state index is 10.8. The molecule has 5 heteroatoms. The molecule has 5 nitrogen and oxygen atoms in total. The molecule has 1 fully saturated rings. The van der Waals surface area contributed by atoms with Crippen LogP contribution < -0.4 is 5.32 Å². The monoisotopic (exact) mass is 292 g/mol. The van der Waals surface area contributed by atoms with Gasteiger partial charge in [-0.3, -0.25) is 10.1 Å². The van der Waals surface area contributed by atoms with E-state index >= 15 is 0 Å². The number of ether oxygens (including phenoxy) is 1. The number of nitro benzene ring substituents is 1. The second-order valence-corrected chi connectivity index (χ2v) is 5.90. The second-order valence-electron chi connectivity index (χ2n) is 5.90. The van der Waals surface area contributed by atoms with Gasteiger partial charge in [0.05, 0.1) is 11.0 Å². The van der Waals surface area contributed by atoms with Crippen LogP contribution in [0, 0.1) is 15.5 Å². The third-order valence-electron chi connectivity index (χ3n) is 4.78. The van der Waals surface area contributed by atoms with Crippen molar-refractivity contribution in [3.8, 4) is 0 Å². The number of hydrogen-bond acceptors (Lipinski definition) is 4. The molecule has 0 aromatic heterocycles. The Morgan fingerprint density at radius 2 is 2.24 bits per heavy atom. The summed E-state index contributed by atoms with van der Waals surface area (Å²) in [5.74, 6) is 0. The fraction of sp³-hybridized carbons (Fsp3) is 0.625. The van der Waals surface area contributed by atoms with Gasteiger partial charge in [-0.05, 0) is 25.3 Å². The SMILES string of the molecule is CCOC1CC(NCc2cccc([N+](=O)[O-])c2)C1(C)CC. The molecular weight excluding hydrogens is 268 g/mol. The van der Waals surface area contributed by atoms with Crippen molar-refractivity contribution >= 4 is 5.69 Å². The van der Waals surface area contributed by atoms with Crippen LogP contribution in [0.2, 0.25) is 0 Å². The van der Waals surface area contributed by atoms with E-state index in [1.807, 2.05) is 13.0 Å². The van der Waals surface area contributed by atoms with Crippen LogP contribution in [0.1, 0.15) is 39.2 Å². The minimum atomic E-state index is -0.353. The van der Waals surface area contributed by atoms with Gasteiger partial charge in [0.25, 0.3) is 5.69 Å². The molecule has 3 unspecified atom stereocenters. The second kappa shape index (κ2) is 6.54. The lowest BCUT2D eigenvalue weighted by atomic mass is 9.61. The quantitative estimate of drug-likeness (QED) is 0.618.